The van der Waals surface area contributed by atoms with Crippen LogP contribution in [0.1, 0.15) is 49.9 Å². The van der Waals surface area contributed by atoms with Gasteiger partial charge in [0.25, 0.3) is 11.6 Å². The summed E-state index contributed by atoms with van der Waals surface area (Å²) < 4.78 is 0. The van der Waals surface area contributed by atoms with Crippen molar-refractivity contribution in [1.82, 2.24) is 5.32 Å². The summed E-state index contributed by atoms with van der Waals surface area (Å²) >= 11 is 5.79. The van der Waals surface area contributed by atoms with E-state index < -0.39 is 4.92 Å². The Balaban J connectivity index is 2.64. The first-order chi connectivity index (χ1) is 9.45. The number of carbonyl (C=O) groups excluding carboxylic acids is 1. The molecule has 1 atom stereocenters. The van der Waals surface area contributed by atoms with Crippen LogP contribution >= 0.6 is 11.6 Å². The maximum absolute atomic E-state index is 12.0. The lowest BCUT2D eigenvalue weighted by molar-refractivity contribution is -0.384. The number of nitrogens with one attached hydrogen (secondary N) is 1. The zero-order valence-electron chi connectivity index (χ0n) is 11.7. The number of benzene rings is 1. The number of rotatable bonds is 7. The molecule has 0 heterocycles. The fourth-order valence-corrected chi connectivity index (χ4v) is 2.13. The first-order valence-corrected chi connectivity index (χ1v) is 7.08. The van der Waals surface area contributed by atoms with E-state index in [4.69, 9.17) is 11.6 Å². The molecule has 1 aromatic rings. The van der Waals surface area contributed by atoms with Crippen LogP contribution in [0.2, 0.25) is 5.02 Å². The third kappa shape index (κ3) is 4.81. The summed E-state index contributed by atoms with van der Waals surface area (Å²) in [5, 5.41) is 13.5. The maximum Gasteiger partial charge on any atom is 0.287 e. The minimum absolute atomic E-state index is 0.0266. The highest BCUT2D eigenvalue weighted by Gasteiger charge is 2.16. The molecule has 0 aliphatic heterocycles. The van der Waals surface area contributed by atoms with Crippen molar-refractivity contribution in [2.45, 2.75) is 45.6 Å². The van der Waals surface area contributed by atoms with Gasteiger partial charge in [0.1, 0.15) is 5.02 Å². The molecule has 0 bridgehead atoms. The minimum Gasteiger partial charge on any atom is -0.350 e. The Labute approximate surface area is 123 Å². The molecular formula is C14H19ClN2O3. The molecule has 0 saturated heterocycles. The molecule has 6 heteroatoms. The van der Waals surface area contributed by atoms with Gasteiger partial charge in [-0.1, -0.05) is 37.8 Å². The molecule has 0 fully saturated rings. The van der Waals surface area contributed by atoms with E-state index in [9.17, 15) is 14.9 Å². The van der Waals surface area contributed by atoms with Crippen LogP contribution < -0.4 is 5.32 Å². The second kappa shape index (κ2) is 7.85. The number of nitro benzene ring substituents is 1. The lowest BCUT2D eigenvalue weighted by Gasteiger charge is -2.13. The summed E-state index contributed by atoms with van der Waals surface area (Å²) in [6.45, 7) is 4.07. The van der Waals surface area contributed by atoms with Crippen molar-refractivity contribution < 1.29 is 9.72 Å². The van der Waals surface area contributed by atoms with Crippen molar-refractivity contribution in [2.75, 3.05) is 0 Å². The normalized spacial score (nSPS) is 11.9. The van der Waals surface area contributed by atoms with Crippen LogP contribution in [0, 0.1) is 10.1 Å². The summed E-state index contributed by atoms with van der Waals surface area (Å²) in [5.41, 5.74) is 0.141. The highest BCUT2D eigenvalue weighted by Crippen LogP contribution is 2.24. The number of amides is 1. The van der Waals surface area contributed by atoms with E-state index in [1.54, 1.807) is 0 Å². The topological polar surface area (TPSA) is 72.2 Å². The molecular weight excluding hydrogens is 280 g/mol. The fraction of sp³-hybridized carbons (Fsp3) is 0.500. The highest BCUT2D eigenvalue weighted by molar-refractivity contribution is 6.33. The molecule has 20 heavy (non-hydrogen) atoms. The van der Waals surface area contributed by atoms with Crippen molar-refractivity contribution in [3.05, 3.63) is 38.9 Å². The number of hydrogen-bond acceptors (Lipinski definition) is 3. The summed E-state index contributed by atoms with van der Waals surface area (Å²) in [6, 6.07) is 4.06. The summed E-state index contributed by atoms with van der Waals surface area (Å²) in [6.07, 6.45) is 4.27. The van der Waals surface area contributed by atoms with Crippen LogP contribution in [0.4, 0.5) is 5.69 Å². The molecule has 0 radical (unpaired) electrons. The molecule has 5 nitrogen and oxygen atoms in total. The lowest BCUT2D eigenvalue weighted by atomic mass is 10.1. The monoisotopic (exact) mass is 298 g/mol. The standard InChI is InChI=1S/C14H19ClN2O3/c1-3-4-5-6-10(2)16-14(18)11-7-8-13(17(19)20)12(15)9-11/h7-10H,3-6H2,1-2H3,(H,16,18). The van der Waals surface area contributed by atoms with Crippen molar-refractivity contribution in [3.8, 4) is 0 Å². The van der Waals surface area contributed by atoms with E-state index in [0.29, 0.717) is 5.56 Å². The Morgan fingerprint density at radius 2 is 2.15 bits per heavy atom. The first-order valence-electron chi connectivity index (χ1n) is 6.70. The highest BCUT2D eigenvalue weighted by atomic mass is 35.5. The Morgan fingerprint density at radius 1 is 1.45 bits per heavy atom. The molecule has 110 valence electrons. The van der Waals surface area contributed by atoms with E-state index in [0.717, 1.165) is 25.7 Å². The predicted molar refractivity (Wildman–Crippen MR) is 79.2 cm³/mol. The van der Waals surface area contributed by atoms with Gasteiger partial charge in [0.2, 0.25) is 0 Å². The van der Waals surface area contributed by atoms with E-state index in [1.807, 2.05) is 6.92 Å². The molecule has 1 amide bonds. The third-order valence-electron chi connectivity index (χ3n) is 3.02. The zero-order chi connectivity index (χ0) is 15.1. The van der Waals surface area contributed by atoms with Crippen LogP contribution in [0.3, 0.4) is 0 Å². The Bertz CT molecular complexity index is 491. The molecule has 0 spiro atoms. The Kier molecular flexibility index (Phi) is 6.45. The maximum atomic E-state index is 12.0. The van der Waals surface area contributed by atoms with E-state index in [1.165, 1.54) is 18.2 Å². The lowest BCUT2D eigenvalue weighted by Crippen LogP contribution is -2.32. The summed E-state index contributed by atoms with van der Waals surface area (Å²) in [7, 11) is 0. The molecule has 0 aliphatic rings. The minimum atomic E-state index is -0.572. The van der Waals surface area contributed by atoms with Crippen LogP contribution in [-0.4, -0.2) is 16.9 Å². The molecule has 1 rings (SSSR count). The van der Waals surface area contributed by atoms with Gasteiger partial charge >= 0.3 is 0 Å². The average Bonchev–Trinajstić information content (AvgIpc) is 2.38. The van der Waals surface area contributed by atoms with E-state index in [2.05, 4.69) is 12.2 Å². The predicted octanol–water partition coefficient (Wildman–Crippen LogP) is 3.95. The fourth-order valence-electron chi connectivity index (χ4n) is 1.88. The van der Waals surface area contributed by atoms with Crippen molar-refractivity contribution >= 4 is 23.2 Å². The SMILES string of the molecule is CCCCCC(C)NC(=O)c1ccc([N+](=O)[O-])c(Cl)c1. The van der Waals surface area contributed by atoms with Gasteiger partial charge < -0.3 is 5.32 Å². The molecule has 1 unspecified atom stereocenters. The van der Waals surface area contributed by atoms with Crippen LogP contribution in [0.15, 0.2) is 18.2 Å². The zero-order valence-corrected chi connectivity index (χ0v) is 12.4. The van der Waals surface area contributed by atoms with Gasteiger partial charge in [-0.25, -0.2) is 0 Å². The van der Waals surface area contributed by atoms with Crippen LogP contribution in [-0.2, 0) is 0 Å². The van der Waals surface area contributed by atoms with Crippen molar-refractivity contribution in [3.63, 3.8) is 0 Å². The first kappa shape index (κ1) is 16.4. The van der Waals surface area contributed by atoms with Crippen molar-refractivity contribution in [2.24, 2.45) is 0 Å². The number of nitrogens with zero attached hydrogens (tertiary/aromatic N) is 1. The second-order valence-electron chi connectivity index (χ2n) is 4.79. The Morgan fingerprint density at radius 3 is 2.70 bits per heavy atom. The Hall–Kier alpha value is -1.62. The summed E-state index contributed by atoms with van der Waals surface area (Å²) in [4.78, 5) is 22.1. The number of unbranched alkanes of at least 4 members (excludes halogenated alkanes) is 2. The number of carbonyl (C=O) groups is 1. The van der Waals surface area contributed by atoms with Gasteiger partial charge in [-0.05, 0) is 25.5 Å². The van der Waals surface area contributed by atoms with E-state index >= 15 is 0 Å². The molecule has 1 N–H and O–H groups in total. The molecule has 0 aromatic heterocycles. The van der Waals surface area contributed by atoms with Crippen LogP contribution in [0.5, 0.6) is 0 Å². The molecule has 0 aliphatic carbocycles. The van der Waals surface area contributed by atoms with Gasteiger partial charge in [0.15, 0.2) is 0 Å². The largest absolute Gasteiger partial charge is 0.350 e. The van der Waals surface area contributed by atoms with Gasteiger partial charge in [-0.2, -0.15) is 0 Å². The molecule has 1 aromatic carbocycles. The number of nitro groups is 1. The van der Waals surface area contributed by atoms with Gasteiger partial charge in [-0.15, -0.1) is 0 Å². The van der Waals surface area contributed by atoms with Crippen LogP contribution in [0.25, 0.3) is 0 Å². The quantitative estimate of drug-likeness (QED) is 0.470. The smallest absolute Gasteiger partial charge is 0.287 e. The third-order valence-corrected chi connectivity index (χ3v) is 3.33. The second-order valence-corrected chi connectivity index (χ2v) is 5.20. The number of halogens is 1. The van der Waals surface area contributed by atoms with Crippen molar-refractivity contribution in [1.29, 1.82) is 0 Å². The van der Waals surface area contributed by atoms with Gasteiger partial charge in [0.05, 0.1) is 4.92 Å². The molecule has 0 saturated carbocycles. The van der Waals surface area contributed by atoms with E-state index in [-0.39, 0.29) is 22.7 Å². The van der Waals surface area contributed by atoms with Gasteiger partial charge in [-0.3, -0.25) is 14.9 Å². The number of hydrogen-bond donors (Lipinski definition) is 1. The average molecular weight is 299 g/mol. The summed E-state index contributed by atoms with van der Waals surface area (Å²) in [5.74, 6) is -0.259. The van der Waals surface area contributed by atoms with Gasteiger partial charge in [0, 0.05) is 17.7 Å².